The number of hydrogen-bond acceptors (Lipinski definition) is 4. The molecular weight excluding hydrogens is 262 g/mol. The summed E-state index contributed by atoms with van der Waals surface area (Å²) in [7, 11) is 7.41. The van der Waals surface area contributed by atoms with E-state index in [0.717, 1.165) is 4.90 Å². The second-order valence-electron chi connectivity index (χ2n) is 5.43. The molecular formula is C13H20N3O4+. The molecule has 0 aromatic heterocycles. The number of likely N-dealkylation sites (N-methyl/N-ethyl adjacent to an activating group) is 1. The van der Waals surface area contributed by atoms with E-state index >= 15 is 0 Å². The SMILES string of the molecule is CN(C(=O)OCC[N+](C)(C)C)c1ccccc1[N+](=O)[O-]. The van der Waals surface area contributed by atoms with Crippen LogP contribution in [-0.2, 0) is 4.74 Å². The van der Waals surface area contributed by atoms with Gasteiger partial charge in [-0.05, 0) is 6.07 Å². The molecule has 0 fully saturated rings. The monoisotopic (exact) mass is 282 g/mol. The number of para-hydroxylation sites is 2. The van der Waals surface area contributed by atoms with E-state index < -0.39 is 11.0 Å². The molecule has 1 amide bonds. The van der Waals surface area contributed by atoms with E-state index in [1.54, 1.807) is 12.1 Å². The molecule has 0 aliphatic rings. The summed E-state index contributed by atoms with van der Waals surface area (Å²) in [6, 6.07) is 6.06. The quantitative estimate of drug-likeness (QED) is 0.469. The average molecular weight is 282 g/mol. The van der Waals surface area contributed by atoms with Gasteiger partial charge in [0.25, 0.3) is 5.69 Å². The fourth-order valence-corrected chi connectivity index (χ4v) is 1.50. The van der Waals surface area contributed by atoms with Crippen LogP contribution in [0.25, 0.3) is 0 Å². The molecule has 1 aromatic carbocycles. The Kier molecular flexibility index (Phi) is 5.04. The smallest absolute Gasteiger partial charge is 0.414 e. The fourth-order valence-electron chi connectivity index (χ4n) is 1.50. The minimum absolute atomic E-state index is 0.126. The molecule has 0 radical (unpaired) electrons. The molecule has 0 unspecified atom stereocenters. The molecule has 20 heavy (non-hydrogen) atoms. The number of benzene rings is 1. The lowest BCUT2D eigenvalue weighted by Crippen LogP contribution is -2.39. The Morgan fingerprint density at radius 2 is 1.95 bits per heavy atom. The Bertz CT molecular complexity index is 497. The highest BCUT2D eigenvalue weighted by Crippen LogP contribution is 2.26. The molecule has 1 aromatic rings. The number of rotatable bonds is 5. The lowest BCUT2D eigenvalue weighted by Gasteiger charge is -2.24. The second kappa shape index (κ2) is 6.33. The van der Waals surface area contributed by atoms with Crippen molar-refractivity contribution in [2.24, 2.45) is 0 Å². The molecule has 0 N–H and O–H groups in total. The van der Waals surface area contributed by atoms with Crippen molar-refractivity contribution in [2.75, 3.05) is 46.2 Å². The summed E-state index contributed by atoms with van der Waals surface area (Å²) < 4.78 is 5.79. The van der Waals surface area contributed by atoms with E-state index in [2.05, 4.69) is 0 Å². The third-order valence-corrected chi connectivity index (χ3v) is 2.70. The van der Waals surface area contributed by atoms with Crippen molar-refractivity contribution in [3.8, 4) is 0 Å². The van der Waals surface area contributed by atoms with Crippen molar-refractivity contribution in [1.29, 1.82) is 0 Å². The molecule has 0 bridgehead atoms. The van der Waals surface area contributed by atoms with Gasteiger partial charge in [-0.2, -0.15) is 0 Å². The Morgan fingerprint density at radius 1 is 1.35 bits per heavy atom. The van der Waals surface area contributed by atoms with Gasteiger partial charge in [-0.3, -0.25) is 15.0 Å². The van der Waals surface area contributed by atoms with Crippen LogP contribution < -0.4 is 4.90 Å². The number of hydrogen-bond donors (Lipinski definition) is 0. The Labute approximate surface area is 118 Å². The second-order valence-corrected chi connectivity index (χ2v) is 5.43. The van der Waals surface area contributed by atoms with E-state index in [4.69, 9.17) is 4.74 Å². The van der Waals surface area contributed by atoms with Gasteiger partial charge in [0.15, 0.2) is 0 Å². The lowest BCUT2D eigenvalue weighted by atomic mass is 10.2. The highest BCUT2D eigenvalue weighted by atomic mass is 16.6. The van der Waals surface area contributed by atoms with Crippen molar-refractivity contribution in [3.05, 3.63) is 34.4 Å². The van der Waals surface area contributed by atoms with Crippen molar-refractivity contribution in [3.63, 3.8) is 0 Å². The van der Waals surface area contributed by atoms with E-state index in [-0.39, 0.29) is 18.0 Å². The molecule has 110 valence electrons. The van der Waals surface area contributed by atoms with Gasteiger partial charge in [0.2, 0.25) is 0 Å². The first-order valence-corrected chi connectivity index (χ1v) is 6.17. The summed E-state index contributed by atoms with van der Waals surface area (Å²) in [6.07, 6.45) is -0.604. The first-order chi connectivity index (χ1) is 9.22. The maximum Gasteiger partial charge on any atom is 0.414 e. The number of anilines is 1. The number of carbonyl (C=O) groups excluding carboxylic acids is 1. The molecule has 7 nitrogen and oxygen atoms in total. The zero-order chi connectivity index (χ0) is 15.3. The minimum atomic E-state index is -0.604. The van der Waals surface area contributed by atoms with Crippen LogP contribution in [0.3, 0.4) is 0 Å². The molecule has 0 atom stereocenters. The summed E-state index contributed by atoms with van der Waals surface area (Å²) in [5.41, 5.74) is 0.0892. The molecule has 0 saturated carbocycles. The number of amides is 1. The molecule has 0 aliphatic heterocycles. The van der Waals surface area contributed by atoms with Crippen molar-refractivity contribution in [1.82, 2.24) is 0 Å². The molecule has 0 spiro atoms. The fraction of sp³-hybridized carbons (Fsp3) is 0.462. The molecule has 0 saturated heterocycles. The third kappa shape index (κ3) is 4.51. The molecule has 7 heteroatoms. The van der Waals surface area contributed by atoms with Crippen molar-refractivity contribution < 1.29 is 18.9 Å². The Balaban J connectivity index is 2.72. The van der Waals surface area contributed by atoms with E-state index in [1.807, 2.05) is 21.1 Å². The number of quaternary nitrogens is 1. The van der Waals surface area contributed by atoms with E-state index in [9.17, 15) is 14.9 Å². The average Bonchev–Trinajstić information content (AvgIpc) is 2.36. The van der Waals surface area contributed by atoms with Gasteiger partial charge < -0.3 is 9.22 Å². The Morgan fingerprint density at radius 3 is 2.50 bits per heavy atom. The van der Waals surface area contributed by atoms with Gasteiger partial charge in [-0.15, -0.1) is 0 Å². The summed E-state index contributed by atoms with van der Waals surface area (Å²) >= 11 is 0. The number of nitro benzene ring substituents is 1. The predicted octanol–water partition coefficient (Wildman–Crippen LogP) is 1.87. The number of nitrogens with zero attached hydrogens (tertiary/aromatic N) is 3. The highest BCUT2D eigenvalue weighted by Gasteiger charge is 2.22. The van der Waals surface area contributed by atoms with Crippen LogP contribution in [0.1, 0.15) is 0 Å². The van der Waals surface area contributed by atoms with Gasteiger partial charge in [0.05, 0.1) is 26.1 Å². The van der Waals surface area contributed by atoms with Crippen molar-refractivity contribution in [2.45, 2.75) is 0 Å². The van der Waals surface area contributed by atoms with Crippen LogP contribution in [0.15, 0.2) is 24.3 Å². The lowest BCUT2D eigenvalue weighted by molar-refractivity contribution is -0.870. The number of ether oxygens (including phenoxy) is 1. The van der Waals surface area contributed by atoms with Crippen LogP contribution in [0, 0.1) is 10.1 Å². The normalized spacial score (nSPS) is 11.0. The van der Waals surface area contributed by atoms with Gasteiger partial charge in [0, 0.05) is 13.1 Å². The summed E-state index contributed by atoms with van der Waals surface area (Å²) in [6.45, 7) is 0.920. The van der Waals surface area contributed by atoms with Crippen LogP contribution in [0.2, 0.25) is 0 Å². The van der Waals surface area contributed by atoms with Gasteiger partial charge in [-0.1, -0.05) is 12.1 Å². The van der Waals surface area contributed by atoms with Gasteiger partial charge >= 0.3 is 6.09 Å². The Hall–Kier alpha value is -2.15. The summed E-state index contributed by atoms with van der Waals surface area (Å²) in [4.78, 5) is 23.4. The van der Waals surface area contributed by atoms with Crippen LogP contribution in [0.4, 0.5) is 16.2 Å². The minimum Gasteiger partial charge on any atom is -0.443 e. The van der Waals surface area contributed by atoms with Crippen molar-refractivity contribution >= 4 is 17.5 Å². The zero-order valence-corrected chi connectivity index (χ0v) is 12.2. The summed E-state index contributed by atoms with van der Waals surface area (Å²) in [5, 5.41) is 10.9. The van der Waals surface area contributed by atoms with Crippen LogP contribution >= 0.6 is 0 Å². The van der Waals surface area contributed by atoms with Crippen LogP contribution in [-0.4, -0.2) is 56.8 Å². The van der Waals surface area contributed by atoms with E-state index in [1.165, 1.54) is 19.2 Å². The zero-order valence-electron chi connectivity index (χ0n) is 12.2. The topological polar surface area (TPSA) is 72.7 Å². The third-order valence-electron chi connectivity index (χ3n) is 2.70. The molecule has 1 rings (SSSR count). The molecule has 0 heterocycles. The van der Waals surface area contributed by atoms with Crippen LogP contribution in [0.5, 0.6) is 0 Å². The predicted molar refractivity (Wildman–Crippen MR) is 75.7 cm³/mol. The molecule has 0 aliphatic carbocycles. The first kappa shape index (κ1) is 15.9. The maximum atomic E-state index is 11.9. The first-order valence-electron chi connectivity index (χ1n) is 6.17. The van der Waals surface area contributed by atoms with E-state index in [0.29, 0.717) is 11.0 Å². The largest absolute Gasteiger partial charge is 0.443 e. The summed E-state index contributed by atoms with van der Waals surface area (Å²) in [5.74, 6) is 0. The number of carbonyl (C=O) groups is 1. The van der Waals surface area contributed by atoms with Gasteiger partial charge in [-0.25, -0.2) is 4.79 Å². The standard InChI is InChI=1S/C13H20N3O4/c1-14(13(17)20-10-9-16(2,3)4)11-7-5-6-8-12(11)15(18)19/h5-8H,9-10H2,1-4H3/q+1. The number of nitro groups is 1. The maximum absolute atomic E-state index is 11.9. The highest BCUT2D eigenvalue weighted by molar-refractivity contribution is 5.89. The van der Waals surface area contributed by atoms with Gasteiger partial charge in [0.1, 0.15) is 18.8 Å².